The summed E-state index contributed by atoms with van der Waals surface area (Å²) in [4.78, 5) is 12.2. The predicted molar refractivity (Wildman–Crippen MR) is 87.7 cm³/mol. The van der Waals surface area contributed by atoms with E-state index in [1.807, 2.05) is 48.9 Å². The number of nitrogens with zero attached hydrogens (tertiary/aromatic N) is 2. The number of nitrogens with one attached hydrogen (secondary N) is 1. The zero-order valence-electron chi connectivity index (χ0n) is 13.5. The number of para-hydroxylation sites is 1. The molecule has 3 aromatic rings. The number of hydrogen-bond acceptors (Lipinski definition) is 3. The van der Waals surface area contributed by atoms with Crippen LogP contribution in [0.4, 0.5) is 0 Å². The largest absolute Gasteiger partial charge is 0.469 e. The molecular weight excluding hydrogens is 290 g/mol. The Morgan fingerprint density at radius 1 is 1.17 bits per heavy atom. The van der Waals surface area contributed by atoms with Crippen molar-refractivity contribution >= 4 is 5.91 Å². The quantitative estimate of drug-likeness (QED) is 0.804. The molecule has 0 spiro atoms. The molecule has 0 fully saturated rings. The topological polar surface area (TPSA) is 60.1 Å². The van der Waals surface area contributed by atoms with E-state index in [1.165, 1.54) is 6.26 Å². The Hall–Kier alpha value is -2.82. The van der Waals surface area contributed by atoms with Crippen LogP contribution in [-0.4, -0.2) is 15.7 Å². The first-order valence-electron chi connectivity index (χ1n) is 7.50. The molecule has 5 nitrogen and oxygen atoms in total. The van der Waals surface area contributed by atoms with Crippen LogP contribution in [0.2, 0.25) is 0 Å². The second kappa shape index (κ2) is 6.12. The van der Waals surface area contributed by atoms with E-state index in [9.17, 15) is 4.79 Å². The Bertz CT molecular complexity index is 831. The van der Waals surface area contributed by atoms with Gasteiger partial charge in [-0.05, 0) is 39.0 Å². The summed E-state index contributed by atoms with van der Waals surface area (Å²) in [6.07, 6.45) is 1.52. The molecule has 118 valence electrons. The lowest BCUT2D eigenvalue weighted by atomic mass is 10.2. The summed E-state index contributed by atoms with van der Waals surface area (Å²) in [5.74, 6) is 0.485. The second-order valence-electron chi connectivity index (χ2n) is 5.47. The minimum atomic E-state index is -0.137. The molecule has 0 unspecified atom stereocenters. The van der Waals surface area contributed by atoms with Crippen LogP contribution in [0.15, 0.2) is 47.1 Å². The molecule has 1 aromatic carbocycles. The van der Waals surface area contributed by atoms with Crippen LogP contribution < -0.4 is 5.32 Å². The van der Waals surface area contributed by atoms with Crippen molar-refractivity contribution in [1.82, 2.24) is 15.1 Å². The minimum Gasteiger partial charge on any atom is -0.469 e. The van der Waals surface area contributed by atoms with E-state index in [1.54, 1.807) is 13.0 Å². The Morgan fingerprint density at radius 2 is 1.91 bits per heavy atom. The molecular formula is C18H19N3O2. The van der Waals surface area contributed by atoms with Crippen molar-refractivity contribution in [2.45, 2.75) is 27.3 Å². The molecule has 1 amide bonds. The number of aryl methyl sites for hydroxylation is 2. The molecule has 2 aromatic heterocycles. The van der Waals surface area contributed by atoms with Crippen molar-refractivity contribution in [3.8, 4) is 5.69 Å². The lowest BCUT2D eigenvalue weighted by Crippen LogP contribution is -2.23. The fourth-order valence-electron chi connectivity index (χ4n) is 2.64. The second-order valence-corrected chi connectivity index (χ2v) is 5.47. The Kier molecular flexibility index (Phi) is 4.02. The van der Waals surface area contributed by atoms with Crippen molar-refractivity contribution in [2.75, 3.05) is 0 Å². The molecule has 1 N–H and O–H groups in total. The minimum absolute atomic E-state index is 0.137. The van der Waals surface area contributed by atoms with E-state index < -0.39 is 0 Å². The van der Waals surface area contributed by atoms with Crippen LogP contribution in [0.3, 0.4) is 0 Å². The molecule has 0 bridgehead atoms. The molecule has 0 aliphatic rings. The van der Waals surface area contributed by atoms with Gasteiger partial charge in [-0.25, -0.2) is 4.68 Å². The fourth-order valence-corrected chi connectivity index (χ4v) is 2.64. The van der Waals surface area contributed by atoms with Crippen molar-refractivity contribution < 1.29 is 9.21 Å². The lowest BCUT2D eigenvalue weighted by Gasteiger charge is -2.07. The number of hydrogen-bond donors (Lipinski definition) is 1. The number of rotatable bonds is 4. The number of carbonyl (C=O) groups excluding carboxylic acids is 1. The van der Waals surface area contributed by atoms with Gasteiger partial charge >= 0.3 is 0 Å². The molecule has 3 rings (SSSR count). The van der Waals surface area contributed by atoms with Crippen LogP contribution in [0.5, 0.6) is 0 Å². The van der Waals surface area contributed by atoms with Gasteiger partial charge in [-0.1, -0.05) is 18.2 Å². The van der Waals surface area contributed by atoms with Crippen LogP contribution in [0.1, 0.15) is 33.1 Å². The molecule has 2 heterocycles. The Labute approximate surface area is 134 Å². The van der Waals surface area contributed by atoms with E-state index in [-0.39, 0.29) is 5.91 Å². The molecule has 0 saturated heterocycles. The van der Waals surface area contributed by atoms with Crippen LogP contribution in [-0.2, 0) is 6.54 Å². The van der Waals surface area contributed by atoms with E-state index in [0.29, 0.717) is 17.9 Å². The van der Waals surface area contributed by atoms with E-state index in [2.05, 4.69) is 10.4 Å². The summed E-state index contributed by atoms with van der Waals surface area (Å²) in [6.45, 7) is 6.18. The highest BCUT2D eigenvalue weighted by molar-refractivity contribution is 5.95. The third-order valence-corrected chi connectivity index (χ3v) is 3.97. The first-order chi connectivity index (χ1) is 11.1. The molecule has 0 saturated carbocycles. The Morgan fingerprint density at radius 3 is 2.57 bits per heavy atom. The maximum Gasteiger partial charge on any atom is 0.255 e. The average Bonchev–Trinajstić information content (AvgIpc) is 3.10. The van der Waals surface area contributed by atoms with Crippen LogP contribution in [0, 0.1) is 20.8 Å². The SMILES string of the molecule is Cc1nn(-c2ccccc2)c(C)c1CNC(=O)c1ccoc1C. The normalized spacial score (nSPS) is 10.7. The number of benzene rings is 1. The van der Waals surface area contributed by atoms with Gasteiger partial charge in [0.05, 0.1) is 23.2 Å². The highest BCUT2D eigenvalue weighted by Gasteiger charge is 2.15. The van der Waals surface area contributed by atoms with Gasteiger partial charge in [0.25, 0.3) is 5.91 Å². The smallest absolute Gasteiger partial charge is 0.255 e. The summed E-state index contributed by atoms with van der Waals surface area (Å²) in [5, 5.41) is 7.52. The molecule has 5 heteroatoms. The van der Waals surface area contributed by atoms with Crippen LogP contribution >= 0.6 is 0 Å². The van der Waals surface area contributed by atoms with Gasteiger partial charge in [-0.2, -0.15) is 5.10 Å². The van der Waals surface area contributed by atoms with Crippen molar-refractivity contribution in [1.29, 1.82) is 0 Å². The van der Waals surface area contributed by atoms with Gasteiger partial charge in [0.15, 0.2) is 0 Å². The summed E-state index contributed by atoms with van der Waals surface area (Å²) in [5.41, 5.74) is 4.55. The van der Waals surface area contributed by atoms with Crippen molar-refractivity contribution in [3.63, 3.8) is 0 Å². The third-order valence-electron chi connectivity index (χ3n) is 3.97. The highest BCUT2D eigenvalue weighted by atomic mass is 16.3. The summed E-state index contributed by atoms with van der Waals surface area (Å²) >= 11 is 0. The fraction of sp³-hybridized carbons (Fsp3) is 0.222. The van der Waals surface area contributed by atoms with Crippen molar-refractivity contribution in [3.05, 3.63) is 70.9 Å². The molecule has 0 aliphatic heterocycles. The number of amides is 1. The van der Waals surface area contributed by atoms with Gasteiger partial charge in [-0.3, -0.25) is 4.79 Å². The maximum absolute atomic E-state index is 12.2. The van der Waals surface area contributed by atoms with E-state index in [0.717, 1.165) is 22.6 Å². The van der Waals surface area contributed by atoms with Crippen molar-refractivity contribution in [2.24, 2.45) is 0 Å². The highest BCUT2D eigenvalue weighted by Crippen LogP contribution is 2.18. The van der Waals surface area contributed by atoms with Gasteiger partial charge in [0, 0.05) is 17.8 Å². The van der Waals surface area contributed by atoms with Crippen LogP contribution in [0.25, 0.3) is 5.69 Å². The number of aromatic nitrogens is 2. The zero-order valence-corrected chi connectivity index (χ0v) is 13.5. The molecule has 23 heavy (non-hydrogen) atoms. The maximum atomic E-state index is 12.2. The standard InChI is InChI=1S/C18H19N3O2/c1-12-17(11-19-18(22)16-9-10-23-14(16)3)13(2)21(20-12)15-7-5-4-6-8-15/h4-10H,11H2,1-3H3,(H,19,22). The molecule has 0 atom stereocenters. The third kappa shape index (κ3) is 2.90. The molecule has 0 aliphatic carbocycles. The Balaban J connectivity index is 1.80. The predicted octanol–water partition coefficient (Wildman–Crippen LogP) is 3.32. The first-order valence-corrected chi connectivity index (χ1v) is 7.50. The van der Waals surface area contributed by atoms with Gasteiger partial charge in [-0.15, -0.1) is 0 Å². The van der Waals surface area contributed by atoms with Gasteiger partial charge < -0.3 is 9.73 Å². The van der Waals surface area contributed by atoms with Gasteiger partial charge in [0.2, 0.25) is 0 Å². The number of furan rings is 1. The molecule has 0 radical (unpaired) electrons. The van der Waals surface area contributed by atoms with Gasteiger partial charge in [0.1, 0.15) is 5.76 Å². The lowest BCUT2D eigenvalue weighted by molar-refractivity contribution is 0.0949. The average molecular weight is 309 g/mol. The monoisotopic (exact) mass is 309 g/mol. The summed E-state index contributed by atoms with van der Waals surface area (Å²) < 4.78 is 7.07. The number of carbonyl (C=O) groups is 1. The van der Waals surface area contributed by atoms with E-state index in [4.69, 9.17) is 4.42 Å². The first kappa shape index (κ1) is 15.1. The summed E-state index contributed by atoms with van der Waals surface area (Å²) in [6, 6.07) is 11.6. The zero-order chi connectivity index (χ0) is 16.4. The summed E-state index contributed by atoms with van der Waals surface area (Å²) in [7, 11) is 0. The van der Waals surface area contributed by atoms with E-state index >= 15 is 0 Å².